The molecule has 0 aliphatic heterocycles. The lowest BCUT2D eigenvalue weighted by Gasteiger charge is -2.33. The Bertz CT molecular complexity index is 1330. The van der Waals surface area contributed by atoms with Crippen LogP contribution in [0.25, 0.3) is 10.9 Å². The normalized spacial score (nSPS) is 12.9. The molecule has 1 aromatic carbocycles. The number of benzene rings is 1. The Hall–Kier alpha value is -3.46. The molecule has 9 nitrogen and oxygen atoms in total. The molecule has 192 valence electrons. The van der Waals surface area contributed by atoms with Gasteiger partial charge in [0, 0.05) is 23.0 Å². The average molecular weight is 493 g/mol. The van der Waals surface area contributed by atoms with Crippen LogP contribution in [0.2, 0.25) is 0 Å². The van der Waals surface area contributed by atoms with Gasteiger partial charge in [0.05, 0.1) is 31.0 Å². The van der Waals surface area contributed by atoms with Gasteiger partial charge in [-0.1, -0.05) is 20.3 Å². The van der Waals surface area contributed by atoms with Crippen LogP contribution in [-0.4, -0.2) is 36.7 Å². The maximum Gasteiger partial charge on any atom is 0.252 e. The van der Waals surface area contributed by atoms with Crippen molar-refractivity contribution >= 4 is 10.9 Å². The molecule has 0 aliphatic rings. The van der Waals surface area contributed by atoms with Gasteiger partial charge in [0.2, 0.25) is 0 Å². The van der Waals surface area contributed by atoms with Gasteiger partial charge in [0.15, 0.2) is 5.82 Å². The molecule has 4 aromatic rings. The molecule has 3 heterocycles. The van der Waals surface area contributed by atoms with Crippen LogP contribution in [0.15, 0.2) is 51.9 Å². The molecule has 0 unspecified atom stereocenters. The van der Waals surface area contributed by atoms with Crippen LogP contribution in [0.5, 0.6) is 5.75 Å². The number of nitrogens with one attached hydrogen (secondary N) is 1. The van der Waals surface area contributed by atoms with E-state index in [1.807, 2.05) is 48.0 Å². The molecule has 0 saturated carbocycles. The number of rotatable bonds is 12. The minimum Gasteiger partial charge on any atom is -0.494 e. The summed E-state index contributed by atoms with van der Waals surface area (Å²) in [5, 5.41) is 13.8. The molecule has 9 heteroatoms. The highest BCUT2D eigenvalue weighted by Crippen LogP contribution is 2.31. The number of aromatic nitrogens is 5. The molecule has 0 radical (unpaired) electrons. The first kappa shape index (κ1) is 25.6. The van der Waals surface area contributed by atoms with E-state index in [1.54, 1.807) is 6.26 Å². The lowest BCUT2D eigenvalue weighted by atomic mass is 10.0. The van der Waals surface area contributed by atoms with Crippen LogP contribution in [-0.2, 0) is 18.6 Å². The van der Waals surface area contributed by atoms with Crippen molar-refractivity contribution in [3.63, 3.8) is 0 Å². The van der Waals surface area contributed by atoms with Gasteiger partial charge in [-0.3, -0.25) is 9.69 Å². The van der Waals surface area contributed by atoms with Crippen LogP contribution in [0.1, 0.15) is 77.1 Å². The van der Waals surface area contributed by atoms with E-state index in [0.29, 0.717) is 25.3 Å². The number of ether oxygens (including phenoxy) is 1. The molecule has 3 aromatic heterocycles. The first-order valence-corrected chi connectivity index (χ1v) is 12.7. The molecule has 4 rings (SSSR count). The predicted octanol–water partition coefficient (Wildman–Crippen LogP) is 5.20. The number of hydrogen-bond donors (Lipinski definition) is 1. The van der Waals surface area contributed by atoms with Gasteiger partial charge in [-0.2, -0.15) is 0 Å². The lowest BCUT2D eigenvalue weighted by Crippen LogP contribution is -2.36. The second-order valence-electron chi connectivity index (χ2n) is 9.71. The standard InChI is InChI=1S/C27H36N6O3/c1-6-10-24(25-29-30-31-33(25)27(4,5)7-2)32(18-22-11-9-14-36-22)17-20-15-19-16-21(35-8-3)12-13-23(19)28-26(20)34/h9,11-16,24H,6-8,10,17-18H2,1-5H3,(H,28,34)/t24-/m1/s1. The number of aromatic amines is 1. The molecule has 0 fully saturated rings. The molecule has 1 atom stereocenters. The fraction of sp³-hybridized carbons (Fsp3) is 0.481. The van der Waals surface area contributed by atoms with Crippen molar-refractivity contribution in [3.8, 4) is 5.75 Å². The number of hydrogen-bond acceptors (Lipinski definition) is 7. The first-order chi connectivity index (χ1) is 17.4. The van der Waals surface area contributed by atoms with Crippen molar-refractivity contribution in [2.24, 2.45) is 0 Å². The van der Waals surface area contributed by atoms with Crippen LogP contribution >= 0.6 is 0 Å². The van der Waals surface area contributed by atoms with Crippen molar-refractivity contribution in [2.45, 2.75) is 78.6 Å². The summed E-state index contributed by atoms with van der Waals surface area (Å²) in [6.45, 7) is 12.0. The highest BCUT2D eigenvalue weighted by atomic mass is 16.5. The second-order valence-corrected chi connectivity index (χ2v) is 9.71. The van der Waals surface area contributed by atoms with Gasteiger partial charge in [0.25, 0.3) is 5.56 Å². The van der Waals surface area contributed by atoms with Gasteiger partial charge >= 0.3 is 0 Å². The molecular formula is C27H36N6O3. The molecule has 36 heavy (non-hydrogen) atoms. The van der Waals surface area contributed by atoms with E-state index in [4.69, 9.17) is 9.15 Å². The Balaban J connectivity index is 1.77. The van der Waals surface area contributed by atoms with Gasteiger partial charge in [-0.25, -0.2) is 4.68 Å². The van der Waals surface area contributed by atoms with Crippen LogP contribution < -0.4 is 10.3 Å². The van der Waals surface area contributed by atoms with Gasteiger partial charge < -0.3 is 14.1 Å². The predicted molar refractivity (Wildman–Crippen MR) is 139 cm³/mol. The van der Waals surface area contributed by atoms with E-state index in [2.05, 4.69) is 53.1 Å². The molecule has 0 saturated heterocycles. The van der Waals surface area contributed by atoms with E-state index in [0.717, 1.165) is 47.5 Å². The van der Waals surface area contributed by atoms with Crippen molar-refractivity contribution < 1.29 is 9.15 Å². The highest BCUT2D eigenvalue weighted by molar-refractivity contribution is 5.80. The maximum absolute atomic E-state index is 13.1. The minimum atomic E-state index is -0.239. The molecule has 0 bridgehead atoms. The van der Waals surface area contributed by atoms with E-state index < -0.39 is 0 Å². The third kappa shape index (κ3) is 5.51. The quantitative estimate of drug-likeness (QED) is 0.290. The summed E-state index contributed by atoms with van der Waals surface area (Å²) in [5.41, 5.74) is 1.10. The monoisotopic (exact) mass is 492 g/mol. The van der Waals surface area contributed by atoms with Crippen molar-refractivity contribution in [2.75, 3.05) is 6.61 Å². The number of pyridine rings is 1. The number of furan rings is 1. The molecule has 1 N–H and O–H groups in total. The van der Waals surface area contributed by atoms with Crippen LogP contribution in [0, 0.1) is 0 Å². The number of H-pyrrole nitrogens is 1. The van der Waals surface area contributed by atoms with Gasteiger partial charge in [-0.05, 0) is 80.4 Å². The Morgan fingerprint density at radius 1 is 1.17 bits per heavy atom. The minimum absolute atomic E-state index is 0.106. The third-order valence-electron chi connectivity index (χ3n) is 6.75. The summed E-state index contributed by atoms with van der Waals surface area (Å²) < 4.78 is 13.3. The lowest BCUT2D eigenvalue weighted by molar-refractivity contribution is 0.135. The van der Waals surface area contributed by atoms with Crippen LogP contribution in [0.4, 0.5) is 0 Å². The van der Waals surface area contributed by atoms with Gasteiger partial charge in [-0.15, -0.1) is 5.10 Å². The summed E-state index contributed by atoms with van der Waals surface area (Å²) in [7, 11) is 0. The summed E-state index contributed by atoms with van der Waals surface area (Å²) in [6.07, 6.45) is 4.32. The number of nitrogens with zero attached hydrogens (tertiary/aromatic N) is 5. The summed E-state index contributed by atoms with van der Waals surface area (Å²) in [4.78, 5) is 18.4. The fourth-order valence-corrected chi connectivity index (χ4v) is 4.43. The number of fused-ring (bicyclic) bond motifs is 1. The van der Waals surface area contributed by atoms with Gasteiger partial charge in [0.1, 0.15) is 11.5 Å². The molecule has 0 spiro atoms. The average Bonchev–Trinajstić information content (AvgIpc) is 3.56. The number of tetrazole rings is 1. The van der Waals surface area contributed by atoms with E-state index in [9.17, 15) is 4.79 Å². The van der Waals surface area contributed by atoms with Crippen molar-refractivity contribution in [1.29, 1.82) is 0 Å². The Morgan fingerprint density at radius 2 is 2.00 bits per heavy atom. The zero-order chi connectivity index (χ0) is 25.7. The van der Waals surface area contributed by atoms with Crippen molar-refractivity contribution in [3.05, 3.63) is 70.2 Å². The van der Waals surface area contributed by atoms with E-state index in [-0.39, 0.29) is 17.1 Å². The van der Waals surface area contributed by atoms with Crippen molar-refractivity contribution in [1.82, 2.24) is 30.1 Å². The highest BCUT2D eigenvalue weighted by Gasteiger charge is 2.32. The zero-order valence-electron chi connectivity index (χ0n) is 21.8. The Morgan fingerprint density at radius 3 is 2.69 bits per heavy atom. The summed E-state index contributed by atoms with van der Waals surface area (Å²) in [5.74, 6) is 2.40. The van der Waals surface area contributed by atoms with E-state index >= 15 is 0 Å². The maximum atomic E-state index is 13.1. The zero-order valence-corrected chi connectivity index (χ0v) is 21.8. The largest absolute Gasteiger partial charge is 0.494 e. The third-order valence-corrected chi connectivity index (χ3v) is 6.75. The first-order valence-electron chi connectivity index (χ1n) is 12.7. The van der Waals surface area contributed by atoms with E-state index in [1.165, 1.54) is 0 Å². The fourth-order valence-electron chi connectivity index (χ4n) is 4.43. The Kier molecular flexibility index (Phi) is 7.88. The Labute approximate surface area is 211 Å². The second kappa shape index (κ2) is 11.1. The smallest absolute Gasteiger partial charge is 0.252 e. The summed E-state index contributed by atoms with van der Waals surface area (Å²) >= 11 is 0. The molecular weight excluding hydrogens is 456 g/mol. The molecule has 0 aliphatic carbocycles. The molecule has 0 amide bonds. The SMILES string of the molecule is CCC[C@H](c1nnnn1C(C)(C)CC)N(Cc1ccco1)Cc1cc2cc(OCC)ccc2[nH]c1=O. The van der Waals surface area contributed by atoms with Crippen LogP contribution in [0.3, 0.4) is 0 Å². The topological polar surface area (TPSA) is 102 Å². The summed E-state index contributed by atoms with van der Waals surface area (Å²) in [6, 6.07) is 11.4.